The molecule has 3 rings (SSSR count). The molecule has 8 nitrogen and oxygen atoms in total. The smallest absolute Gasteiger partial charge is 0.186 e. The molecule has 0 radical (unpaired) electrons. The van der Waals surface area contributed by atoms with Gasteiger partial charge in [-0.25, -0.2) is 0 Å². The van der Waals surface area contributed by atoms with Crippen LogP contribution in [0.5, 0.6) is 0 Å². The van der Waals surface area contributed by atoms with Gasteiger partial charge in [0, 0.05) is 11.3 Å². The zero-order valence-electron chi connectivity index (χ0n) is 25.9. The Bertz CT molecular complexity index is 1140. The molecule has 2 aliphatic carbocycles. The summed E-state index contributed by atoms with van der Waals surface area (Å²) in [6.45, 7) is 24.4. The fourth-order valence-electron chi connectivity index (χ4n) is 7.12. The van der Waals surface area contributed by atoms with Crippen LogP contribution in [0.25, 0.3) is 5.76 Å². The Morgan fingerprint density at radius 2 is 1.40 bits per heavy atom. The van der Waals surface area contributed by atoms with Gasteiger partial charge in [0.15, 0.2) is 11.6 Å². The molecule has 0 aliphatic heterocycles. The highest BCUT2D eigenvalue weighted by Crippen LogP contribution is 2.43. The van der Waals surface area contributed by atoms with Gasteiger partial charge in [0.2, 0.25) is 0 Å². The molecule has 1 aromatic carbocycles. The van der Waals surface area contributed by atoms with Crippen molar-refractivity contribution < 1.29 is 28.8 Å². The minimum absolute atomic E-state index is 0.0472. The van der Waals surface area contributed by atoms with E-state index >= 15 is 0 Å². The van der Waals surface area contributed by atoms with E-state index in [9.17, 15) is 19.8 Å². The lowest BCUT2D eigenvalue weighted by molar-refractivity contribution is -0.943. The van der Waals surface area contributed by atoms with Crippen LogP contribution in [0.4, 0.5) is 5.69 Å². The lowest BCUT2D eigenvalue weighted by atomic mass is 9.70. The van der Waals surface area contributed by atoms with Gasteiger partial charge in [-0.15, -0.1) is 0 Å². The maximum atomic E-state index is 14.2. The van der Waals surface area contributed by atoms with Crippen LogP contribution < -0.4 is 10.6 Å². The highest BCUT2D eigenvalue weighted by molar-refractivity contribution is 6.22. The second-order valence-electron chi connectivity index (χ2n) is 11.6. The molecular formula is C32H52N4O4+2. The third-order valence-corrected chi connectivity index (χ3v) is 10.5. The van der Waals surface area contributed by atoms with E-state index in [0.29, 0.717) is 35.9 Å². The third kappa shape index (κ3) is 5.39. The number of aliphatic hydroxyl groups is 2. The predicted octanol–water partition coefficient (Wildman–Crippen LogP) is 4.13. The van der Waals surface area contributed by atoms with Crippen molar-refractivity contribution in [1.82, 2.24) is 5.32 Å². The van der Waals surface area contributed by atoms with E-state index in [-0.39, 0.29) is 23.2 Å². The first-order valence-electron chi connectivity index (χ1n) is 15.2. The number of likely N-dealkylation sites (N-methyl/N-ethyl adjacent to an activating group) is 2. The third-order valence-electron chi connectivity index (χ3n) is 10.5. The first-order valence-corrected chi connectivity index (χ1v) is 15.2. The topological polar surface area (TPSA) is 98.7 Å². The standard InChI is InChI=1S/C32H50N4O4/c1-9-35(10-2,11-3)22(7)20-33-25-17-15-16-24-27(25)31(39)29-28(30(24)38)26(37)18-19-32(29,40)34-21-23(8)36(12-4,13-5)14-6/h15-19,22-23,29,34,40H,9-14,20-21H2,1-8H3/p+2. The van der Waals surface area contributed by atoms with Crippen LogP contribution in [0.1, 0.15) is 71.3 Å². The molecule has 0 heterocycles. The number of nitrogens with zero attached hydrogens (tertiary/aromatic N) is 2. The lowest BCUT2D eigenvalue weighted by Crippen LogP contribution is -2.62. The minimum Gasteiger partial charge on any atom is -0.507 e. The number of quaternary nitrogens is 2. The number of carbonyl (C=O) groups is 2. The predicted molar refractivity (Wildman–Crippen MR) is 162 cm³/mol. The van der Waals surface area contributed by atoms with Crippen LogP contribution in [0.2, 0.25) is 0 Å². The number of aliphatic hydroxyl groups excluding tert-OH is 1. The maximum absolute atomic E-state index is 14.2. The van der Waals surface area contributed by atoms with Crippen molar-refractivity contribution in [2.24, 2.45) is 5.92 Å². The first kappa shape index (κ1) is 32.0. The Labute approximate surface area is 240 Å². The summed E-state index contributed by atoms with van der Waals surface area (Å²) in [7, 11) is 0. The zero-order valence-corrected chi connectivity index (χ0v) is 25.9. The molecule has 8 heteroatoms. The number of Topliss-reactive ketones (excluding diaryl/α,β-unsaturated/α-hetero) is 1. The van der Waals surface area contributed by atoms with Gasteiger partial charge < -0.3 is 24.5 Å². The van der Waals surface area contributed by atoms with Crippen molar-refractivity contribution >= 4 is 23.0 Å². The second kappa shape index (κ2) is 12.6. The quantitative estimate of drug-likeness (QED) is 0.203. The van der Waals surface area contributed by atoms with Crippen LogP contribution in [0.15, 0.2) is 35.9 Å². The Balaban J connectivity index is 1.98. The summed E-state index contributed by atoms with van der Waals surface area (Å²) in [4.78, 5) is 27.2. The van der Waals surface area contributed by atoms with Gasteiger partial charge in [-0.05, 0) is 73.6 Å². The molecule has 0 amide bonds. The number of rotatable bonds is 14. The highest BCUT2D eigenvalue weighted by atomic mass is 16.3. The molecule has 0 fully saturated rings. The zero-order chi connectivity index (χ0) is 29.9. The number of nitrogens with one attached hydrogen (secondary N) is 2. The van der Waals surface area contributed by atoms with Gasteiger partial charge in [-0.2, -0.15) is 0 Å². The van der Waals surface area contributed by atoms with Crippen LogP contribution in [0, 0.1) is 5.92 Å². The molecule has 0 saturated heterocycles. The lowest BCUT2D eigenvalue weighted by Gasteiger charge is -2.44. The van der Waals surface area contributed by atoms with Crippen LogP contribution >= 0.6 is 0 Å². The molecule has 4 N–H and O–H groups in total. The summed E-state index contributed by atoms with van der Waals surface area (Å²) in [5.41, 5.74) is -0.592. The monoisotopic (exact) mass is 556 g/mol. The second-order valence-corrected chi connectivity index (χ2v) is 11.6. The minimum atomic E-state index is -1.80. The summed E-state index contributed by atoms with van der Waals surface area (Å²) < 4.78 is 1.81. The first-order chi connectivity index (χ1) is 18.9. The summed E-state index contributed by atoms with van der Waals surface area (Å²) in [5, 5.41) is 30.0. The van der Waals surface area contributed by atoms with Crippen LogP contribution in [-0.2, 0) is 4.79 Å². The van der Waals surface area contributed by atoms with E-state index in [0.717, 1.165) is 48.2 Å². The SMILES string of the molecule is CC[N+](CC)(CC)C(C)CNc1cccc2c1C(=O)C1C(=C2O)C(=O)C=CC1(O)NCC(C)[N+](CC)(CC)CC. The molecule has 40 heavy (non-hydrogen) atoms. The largest absolute Gasteiger partial charge is 0.507 e. The molecule has 0 aromatic heterocycles. The van der Waals surface area contributed by atoms with Crippen molar-refractivity contribution in [2.45, 2.75) is 73.2 Å². The number of allylic oxidation sites excluding steroid dienone is 1. The van der Waals surface area contributed by atoms with E-state index in [1.807, 2.05) is 6.07 Å². The molecule has 0 bridgehead atoms. The van der Waals surface area contributed by atoms with Gasteiger partial charge in [-0.3, -0.25) is 14.9 Å². The fraction of sp³-hybridized carbons (Fsp3) is 0.625. The van der Waals surface area contributed by atoms with E-state index < -0.39 is 17.4 Å². The van der Waals surface area contributed by atoms with Crippen LogP contribution in [-0.4, -0.2) is 101 Å². The van der Waals surface area contributed by atoms with Crippen molar-refractivity contribution in [1.29, 1.82) is 0 Å². The number of hydrogen-bond acceptors (Lipinski definition) is 6. The number of anilines is 1. The van der Waals surface area contributed by atoms with E-state index in [4.69, 9.17) is 0 Å². The Kier molecular flexibility index (Phi) is 10.0. The van der Waals surface area contributed by atoms with Crippen molar-refractivity contribution in [3.8, 4) is 0 Å². The van der Waals surface area contributed by atoms with Gasteiger partial charge in [-0.1, -0.05) is 12.1 Å². The van der Waals surface area contributed by atoms with E-state index in [2.05, 4.69) is 66.0 Å². The molecule has 1 aromatic rings. The number of benzene rings is 1. The van der Waals surface area contributed by atoms with Crippen LogP contribution in [0.3, 0.4) is 0 Å². The van der Waals surface area contributed by atoms with Gasteiger partial charge in [0.25, 0.3) is 0 Å². The average molecular weight is 557 g/mol. The summed E-state index contributed by atoms with van der Waals surface area (Å²) in [6.07, 6.45) is 2.65. The molecule has 222 valence electrons. The molecule has 2 aliphatic rings. The van der Waals surface area contributed by atoms with Crippen molar-refractivity contribution in [3.05, 3.63) is 47.1 Å². The van der Waals surface area contributed by atoms with E-state index in [1.54, 1.807) is 12.1 Å². The number of fused-ring (bicyclic) bond motifs is 2. The Hall–Kier alpha value is -2.52. The molecule has 0 spiro atoms. The average Bonchev–Trinajstić information content (AvgIpc) is 2.97. The number of ketones is 2. The summed E-state index contributed by atoms with van der Waals surface area (Å²) in [5.74, 6) is -2.30. The molecule has 0 saturated carbocycles. The number of hydrogen-bond donors (Lipinski definition) is 4. The Morgan fingerprint density at radius 3 is 1.93 bits per heavy atom. The summed E-state index contributed by atoms with van der Waals surface area (Å²) >= 11 is 0. The van der Waals surface area contributed by atoms with Crippen molar-refractivity contribution in [3.63, 3.8) is 0 Å². The highest BCUT2D eigenvalue weighted by Gasteiger charge is 2.52. The molecular weight excluding hydrogens is 504 g/mol. The van der Waals surface area contributed by atoms with E-state index in [1.165, 1.54) is 12.2 Å². The summed E-state index contributed by atoms with van der Waals surface area (Å²) in [6, 6.07) is 5.74. The molecule has 4 unspecified atom stereocenters. The Morgan fingerprint density at radius 1 is 0.875 bits per heavy atom. The number of carbonyl (C=O) groups excluding carboxylic acids is 2. The fourth-order valence-corrected chi connectivity index (χ4v) is 7.12. The maximum Gasteiger partial charge on any atom is 0.186 e. The van der Waals surface area contributed by atoms with Gasteiger partial charge in [0.1, 0.15) is 23.4 Å². The normalized spacial score (nSPS) is 22.7. The van der Waals surface area contributed by atoms with Gasteiger partial charge in [0.05, 0.1) is 69.5 Å². The van der Waals surface area contributed by atoms with Crippen molar-refractivity contribution in [2.75, 3.05) is 57.7 Å². The molecule has 4 atom stereocenters. The van der Waals surface area contributed by atoms with Gasteiger partial charge >= 0.3 is 0 Å².